The van der Waals surface area contributed by atoms with Gasteiger partial charge in [0.15, 0.2) is 0 Å². The van der Waals surface area contributed by atoms with Gasteiger partial charge in [-0.25, -0.2) is 0 Å². The van der Waals surface area contributed by atoms with Crippen LogP contribution in [0, 0.1) is 6.92 Å². The lowest BCUT2D eigenvalue weighted by molar-refractivity contribution is 0.470. The number of phenolic OH excluding ortho intramolecular Hbond substituents is 1. The molecule has 2 aromatic rings. The zero-order chi connectivity index (χ0) is 10.8. The van der Waals surface area contributed by atoms with E-state index in [1.54, 1.807) is 17.4 Å². The Kier molecular flexibility index (Phi) is 4.35. The molecule has 0 fully saturated rings. The third-order valence-corrected chi connectivity index (χ3v) is 3.39. The third kappa shape index (κ3) is 2.55. The van der Waals surface area contributed by atoms with Gasteiger partial charge in [0, 0.05) is 4.88 Å². The first kappa shape index (κ1) is 13.0. The van der Waals surface area contributed by atoms with Crippen molar-refractivity contribution >= 4 is 23.7 Å². The Hall–Kier alpha value is -1.03. The van der Waals surface area contributed by atoms with Crippen LogP contribution < -0.4 is 5.73 Å². The normalized spacial score (nSPS) is 11.9. The molecule has 1 atom stereocenters. The van der Waals surface area contributed by atoms with E-state index < -0.39 is 0 Å². The quantitative estimate of drug-likeness (QED) is 0.866. The van der Waals surface area contributed by atoms with Gasteiger partial charge in [-0.15, -0.1) is 23.7 Å². The Morgan fingerprint density at radius 1 is 1.31 bits per heavy atom. The van der Waals surface area contributed by atoms with Gasteiger partial charge in [0.1, 0.15) is 5.75 Å². The van der Waals surface area contributed by atoms with E-state index in [-0.39, 0.29) is 18.4 Å². The Morgan fingerprint density at radius 2 is 2.06 bits per heavy atom. The summed E-state index contributed by atoms with van der Waals surface area (Å²) in [6.07, 6.45) is 0. The van der Waals surface area contributed by atoms with E-state index >= 15 is 0 Å². The van der Waals surface area contributed by atoms with Gasteiger partial charge in [0.05, 0.1) is 6.04 Å². The number of benzene rings is 1. The lowest BCUT2D eigenvalue weighted by atomic mass is 10.0. The maximum Gasteiger partial charge on any atom is 0.118 e. The minimum atomic E-state index is -0.0932. The number of aromatic hydroxyl groups is 1. The van der Waals surface area contributed by atoms with E-state index in [0.29, 0.717) is 5.75 Å². The summed E-state index contributed by atoms with van der Waals surface area (Å²) in [5.74, 6) is 0.317. The summed E-state index contributed by atoms with van der Waals surface area (Å²) in [5, 5.41) is 11.4. The van der Waals surface area contributed by atoms with E-state index in [9.17, 15) is 5.11 Å². The summed E-state index contributed by atoms with van der Waals surface area (Å²) in [5.41, 5.74) is 8.00. The first-order valence-electron chi connectivity index (χ1n) is 4.77. The minimum absolute atomic E-state index is 0. The first-order chi connectivity index (χ1) is 7.18. The third-order valence-electron chi connectivity index (χ3n) is 2.43. The van der Waals surface area contributed by atoms with Crippen LogP contribution in [0.5, 0.6) is 5.75 Å². The number of hydrogen-bond donors (Lipinski definition) is 2. The molecule has 0 unspecified atom stereocenters. The highest BCUT2D eigenvalue weighted by atomic mass is 35.5. The van der Waals surface area contributed by atoms with Crippen LogP contribution >= 0.6 is 23.7 Å². The van der Waals surface area contributed by atoms with E-state index in [1.165, 1.54) is 0 Å². The molecule has 0 saturated heterocycles. The van der Waals surface area contributed by atoms with Crippen molar-refractivity contribution in [3.05, 3.63) is 51.7 Å². The molecule has 0 aliphatic rings. The second-order valence-electron chi connectivity index (χ2n) is 3.54. The number of rotatable bonds is 2. The van der Waals surface area contributed by atoms with Crippen LogP contribution in [0.3, 0.4) is 0 Å². The SMILES string of the molecule is Cc1cc([C@H](N)c2cccs2)ccc1O.Cl. The zero-order valence-electron chi connectivity index (χ0n) is 8.88. The molecule has 2 nitrogen and oxygen atoms in total. The van der Waals surface area contributed by atoms with E-state index in [0.717, 1.165) is 16.0 Å². The fourth-order valence-electron chi connectivity index (χ4n) is 1.50. The smallest absolute Gasteiger partial charge is 0.118 e. The molecule has 1 heterocycles. The highest BCUT2D eigenvalue weighted by molar-refractivity contribution is 7.10. The van der Waals surface area contributed by atoms with Crippen molar-refractivity contribution in [2.45, 2.75) is 13.0 Å². The predicted molar refractivity (Wildman–Crippen MR) is 70.4 cm³/mol. The van der Waals surface area contributed by atoms with Gasteiger partial charge in [-0.1, -0.05) is 18.2 Å². The number of aryl methyl sites for hydroxylation is 1. The van der Waals surface area contributed by atoms with Gasteiger partial charge < -0.3 is 10.8 Å². The van der Waals surface area contributed by atoms with Crippen LogP contribution in [-0.4, -0.2) is 5.11 Å². The number of hydrogen-bond acceptors (Lipinski definition) is 3. The molecule has 16 heavy (non-hydrogen) atoms. The van der Waals surface area contributed by atoms with Crippen LogP contribution in [-0.2, 0) is 0 Å². The molecule has 0 saturated carbocycles. The average molecular weight is 256 g/mol. The Morgan fingerprint density at radius 3 is 2.62 bits per heavy atom. The summed E-state index contributed by atoms with van der Waals surface area (Å²) in [4.78, 5) is 1.14. The number of nitrogens with two attached hydrogens (primary N) is 1. The summed E-state index contributed by atoms with van der Waals surface area (Å²) in [7, 11) is 0. The fourth-order valence-corrected chi connectivity index (χ4v) is 2.26. The summed E-state index contributed by atoms with van der Waals surface area (Å²) >= 11 is 1.65. The Labute approximate surface area is 105 Å². The van der Waals surface area contributed by atoms with Gasteiger partial charge in [0.2, 0.25) is 0 Å². The number of phenols is 1. The van der Waals surface area contributed by atoms with Gasteiger partial charge in [0.25, 0.3) is 0 Å². The van der Waals surface area contributed by atoms with Crippen molar-refractivity contribution in [2.75, 3.05) is 0 Å². The van der Waals surface area contributed by atoms with Gasteiger partial charge in [-0.2, -0.15) is 0 Å². The second-order valence-corrected chi connectivity index (χ2v) is 4.52. The molecule has 3 N–H and O–H groups in total. The molecule has 4 heteroatoms. The highest BCUT2D eigenvalue weighted by Gasteiger charge is 2.10. The van der Waals surface area contributed by atoms with Crippen LogP contribution in [0.4, 0.5) is 0 Å². The molecule has 0 aliphatic heterocycles. The van der Waals surface area contributed by atoms with Crippen molar-refractivity contribution in [3.63, 3.8) is 0 Å². The zero-order valence-corrected chi connectivity index (χ0v) is 10.5. The van der Waals surface area contributed by atoms with Crippen LogP contribution in [0.15, 0.2) is 35.7 Å². The van der Waals surface area contributed by atoms with Crippen molar-refractivity contribution < 1.29 is 5.11 Å². The van der Waals surface area contributed by atoms with Gasteiger partial charge in [-0.05, 0) is 35.6 Å². The molecule has 0 aliphatic carbocycles. The Balaban J connectivity index is 0.00000128. The van der Waals surface area contributed by atoms with Crippen molar-refractivity contribution in [3.8, 4) is 5.75 Å². The predicted octanol–water partition coefficient (Wildman–Crippen LogP) is 3.23. The van der Waals surface area contributed by atoms with Crippen molar-refractivity contribution in [2.24, 2.45) is 5.73 Å². The number of halogens is 1. The summed E-state index contributed by atoms with van der Waals surface area (Å²) < 4.78 is 0. The second kappa shape index (κ2) is 5.34. The molecule has 1 aromatic heterocycles. The molecule has 0 radical (unpaired) electrons. The molecule has 1 aromatic carbocycles. The molecule has 86 valence electrons. The molecule has 0 amide bonds. The summed E-state index contributed by atoms with van der Waals surface area (Å²) in [6, 6.07) is 9.42. The average Bonchev–Trinajstić information content (AvgIpc) is 2.74. The highest BCUT2D eigenvalue weighted by Crippen LogP contribution is 2.26. The number of thiophene rings is 1. The van der Waals surface area contributed by atoms with E-state index in [4.69, 9.17) is 5.73 Å². The molecular weight excluding hydrogens is 242 g/mol. The van der Waals surface area contributed by atoms with Gasteiger partial charge >= 0.3 is 0 Å². The van der Waals surface area contributed by atoms with Crippen LogP contribution in [0.2, 0.25) is 0 Å². The summed E-state index contributed by atoms with van der Waals surface area (Å²) in [6.45, 7) is 1.87. The molecule has 0 bridgehead atoms. The lowest BCUT2D eigenvalue weighted by Crippen LogP contribution is -2.10. The molecular formula is C12H14ClNOS. The minimum Gasteiger partial charge on any atom is -0.508 e. The fraction of sp³-hybridized carbons (Fsp3) is 0.167. The maximum atomic E-state index is 9.42. The van der Waals surface area contributed by atoms with E-state index in [2.05, 4.69) is 0 Å². The largest absolute Gasteiger partial charge is 0.508 e. The van der Waals surface area contributed by atoms with Crippen LogP contribution in [0.1, 0.15) is 22.0 Å². The van der Waals surface area contributed by atoms with Gasteiger partial charge in [-0.3, -0.25) is 0 Å². The first-order valence-corrected chi connectivity index (χ1v) is 5.65. The van der Waals surface area contributed by atoms with Crippen molar-refractivity contribution in [1.29, 1.82) is 0 Å². The molecule has 2 rings (SSSR count). The standard InChI is InChI=1S/C12H13NOS.ClH/c1-8-7-9(4-5-10(8)14)12(13)11-3-2-6-15-11;/h2-7,12,14H,13H2,1H3;1H/t12-;/m0./s1. The topological polar surface area (TPSA) is 46.2 Å². The molecule has 0 spiro atoms. The lowest BCUT2D eigenvalue weighted by Gasteiger charge is -2.11. The van der Waals surface area contributed by atoms with Crippen molar-refractivity contribution in [1.82, 2.24) is 0 Å². The maximum absolute atomic E-state index is 9.42. The van der Waals surface area contributed by atoms with Crippen LogP contribution in [0.25, 0.3) is 0 Å². The monoisotopic (exact) mass is 255 g/mol. The Bertz CT molecular complexity index is 456. The van der Waals surface area contributed by atoms with E-state index in [1.807, 2.05) is 36.6 Å².